The van der Waals surface area contributed by atoms with E-state index in [0.29, 0.717) is 37.4 Å². The molecule has 2 N–H and O–H groups in total. The van der Waals surface area contributed by atoms with Gasteiger partial charge in [-0.2, -0.15) is 26.3 Å². The van der Waals surface area contributed by atoms with Crippen molar-refractivity contribution in [2.75, 3.05) is 32.8 Å². The minimum atomic E-state index is -6.24. The van der Waals surface area contributed by atoms with Crippen molar-refractivity contribution in [3.05, 3.63) is 101 Å². The molecule has 0 aromatic heterocycles. The van der Waals surface area contributed by atoms with Crippen LogP contribution in [0.4, 0.5) is 39.5 Å². The van der Waals surface area contributed by atoms with Gasteiger partial charge in [-0.1, -0.05) is 30.3 Å². The van der Waals surface area contributed by atoms with Gasteiger partial charge in [0.2, 0.25) is 5.91 Å². The lowest BCUT2D eigenvalue weighted by Gasteiger charge is -2.39. The predicted molar refractivity (Wildman–Crippen MR) is 159 cm³/mol. The molecule has 0 saturated carbocycles. The number of likely N-dealkylation sites (tertiary alicyclic amines) is 1. The van der Waals surface area contributed by atoms with Crippen molar-refractivity contribution in [2.45, 2.75) is 53.5 Å². The average molecular weight is 739 g/mol. The Bertz CT molecular complexity index is 1780. The standard InChI is InChI=1S/C33H31F9N2O5S/c34-23-8-10-24(11-9-23)50(47,48)30(14-17-44(19-30)28(46)29(20-45)12-15-43-16-13-29)21-4-6-22(7-5-21)31(32(37,38)39,33(40,41)42)49-18-25-26(35)2-1-3-27(25)36/h1-11,43,45H,12-20H2/t30-/m0/s1. The molecular weight excluding hydrogens is 707 g/mol. The number of halogens is 9. The van der Waals surface area contributed by atoms with Gasteiger partial charge in [0.1, 0.15) is 22.2 Å². The number of hydrogen-bond donors (Lipinski definition) is 2. The van der Waals surface area contributed by atoms with Gasteiger partial charge in [0, 0.05) is 24.2 Å². The van der Waals surface area contributed by atoms with Crippen molar-refractivity contribution in [2.24, 2.45) is 5.41 Å². The monoisotopic (exact) mass is 738 g/mol. The number of sulfone groups is 1. The Morgan fingerprint density at radius 3 is 1.92 bits per heavy atom. The van der Waals surface area contributed by atoms with Crippen molar-refractivity contribution < 1.29 is 62.6 Å². The van der Waals surface area contributed by atoms with Crippen LogP contribution in [-0.4, -0.2) is 69.5 Å². The summed E-state index contributed by atoms with van der Waals surface area (Å²) in [6.07, 6.45) is -12.4. The van der Waals surface area contributed by atoms with Crippen molar-refractivity contribution >= 4 is 15.7 Å². The molecule has 1 atom stereocenters. The van der Waals surface area contributed by atoms with Crippen molar-refractivity contribution in [3.8, 4) is 0 Å². The second kappa shape index (κ2) is 13.5. The molecule has 2 saturated heterocycles. The molecule has 0 radical (unpaired) electrons. The van der Waals surface area contributed by atoms with Crippen molar-refractivity contribution in [1.82, 2.24) is 10.2 Å². The van der Waals surface area contributed by atoms with E-state index < -0.39 is 97.1 Å². The molecule has 17 heteroatoms. The molecule has 2 heterocycles. The van der Waals surface area contributed by atoms with Gasteiger partial charge in [-0.3, -0.25) is 4.79 Å². The first-order valence-electron chi connectivity index (χ1n) is 15.3. The summed E-state index contributed by atoms with van der Waals surface area (Å²) in [6.45, 7) is -2.36. The molecule has 0 bridgehead atoms. The van der Waals surface area contributed by atoms with Gasteiger partial charge in [0.15, 0.2) is 9.84 Å². The number of hydrogen-bond acceptors (Lipinski definition) is 6. The second-order valence-electron chi connectivity index (χ2n) is 12.4. The summed E-state index contributed by atoms with van der Waals surface area (Å²) >= 11 is 0. The van der Waals surface area contributed by atoms with E-state index >= 15 is 0 Å². The van der Waals surface area contributed by atoms with Gasteiger partial charge in [0.05, 0.1) is 23.5 Å². The molecule has 50 heavy (non-hydrogen) atoms. The second-order valence-corrected chi connectivity index (χ2v) is 14.6. The smallest absolute Gasteiger partial charge is 0.395 e. The zero-order valence-electron chi connectivity index (χ0n) is 26.1. The molecule has 272 valence electrons. The number of nitrogens with one attached hydrogen (secondary N) is 1. The minimum absolute atomic E-state index is 0.206. The topological polar surface area (TPSA) is 95.9 Å². The first kappa shape index (κ1) is 37.6. The molecule has 3 aromatic rings. The van der Waals surface area contributed by atoms with E-state index in [-0.39, 0.29) is 31.4 Å². The number of piperidine rings is 1. The maximum Gasteiger partial charge on any atom is 0.430 e. The van der Waals surface area contributed by atoms with Crippen LogP contribution in [0.5, 0.6) is 0 Å². The number of aliphatic hydroxyl groups excluding tert-OH is 1. The Hall–Kier alpha value is -3.67. The number of carbonyl (C=O) groups is 1. The highest BCUT2D eigenvalue weighted by molar-refractivity contribution is 7.92. The molecule has 3 aromatic carbocycles. The molecule has 0 unspecified atom stereocenters. The Labute approximate surface area is 281 Å². The number of ether oxygens (including phenoxy) is 1. The first-order valence-corrected chi connectivity index (χ1v) is 16.8. The van der Waals surface area contributed by atoms with E-state index in [2.05, 4.69) is 10.1 Å². The molecule has 0 aliphatic carbocycles. The van der Waals surface area contributed by atoms with Crippen LogP contribution >= 0.6 is 0 Å². The third-order valence-electron chi connectivity index (χ3n) is 9.59. The van der Waals surface area contributed by atoms with Gasteiger partial charge >= 0.3 is 12.4 Å². The lowest BCUT2D eigenvalue weighted by atomic mass is 9.78. The number of carbonyl (C=O) groups excluding carboxylic acids is 1. The normalized spacial score (nSPS) is 20.2. The molecule has 2 fully saturated rings. The fourth-order valence-electron chi connectivity index (χ4n) is 6.68. The summed E-state index contributed by atoms with van der Waals surface area (Å²) in [6, 6.07) is 7.91. The number of nitrogens with zero attached hydrogens (tertiary/aromatic N) is 1. The lowest BCUT2D eigenvalue weighted by Crippen LogP contribution is -2.56. The van der Waals surface area contributed by atoms with Crippen LogP contribution in [0.1, 0.15) is 36.0 Å². The summed E-state index contributed by atoms with van der Waals surface area (Å²) < 4.78 is 160. The van der Waals surface area contributed by atoms with Crippen LogP contribution < -0.4 is 5.32 Å². The van der Waals surface area contributed by atoms with Crippen LogP contribution in [0.3, 0.4) is 0 Å². The third kappa shape index (κ3) is 6.26. The van der Waals surface area contributed by atoms with Gasteiger partial charge in [-0.15, -0.1) is 0 Å². The number of rotatable bonds is 9. The van der Waals surface area contributed by atoms with E-state index in [1.807, 2.05) is 0 Å². The summed E-state index contributed by atoms with van der Waals surface area (Å²) in [5.41, 5.74) is -9.40. The first-order chi connectivity index (χ1) is 23.3. The van der Waals surface area contributed by atoms with Crippen molar-refractivity contribution in [3.63, 3.8) is 0 Å². The number of benzene rings is 3. The Balaban J connectivity index is 1.61. The summed E-state index contributed by atoms with van der Waals surface area (Å²) in [7, 11) is -4.65. The molecular formula is C33H31F9N2O5S. The van der Waals surface area contributed by atoms with Crippen LogP contribution in [0.2, 0.25) is 0 Å². The number of aliphatic hydroxyl groups is 1. The highest BCUT2D eigenvalue weighted by Crippen LogP contribution is 2.54. The van der Waals surface area contributed by atoms with Gasteiger partial charge in [-0.05, 0) is 74.3 Å². The zero-order chi connectivity index (χ0) is 36.8. The molecule has 5 rings (SSSR count). The average Bonchev–Trinajstić information content (AvgIpc) is 3.53. The highest BCUT2D eigenvalue weighted by Gasteiger charge is 2.73. The minimum Gasteiger partial charge on any atom is -0.395 e. The molecule has 7 nitrogen and oxygen atoms in total. The lowest BCUT2D eigenvalue weighted by molar-refractivity contribution is -0.392. The Kier molecular flexibility index (Phi) is 10.1. The van der Waals surface area contributed by atoms with E-state index in [1.54, 1.807) is 0 Å². The summed E-state index contributed by atoms with van der Waals surface area (Å²) in [5, 5.41) is 13.3. The summed E-state index contributed by atoms with van der Waals surface area (Å²) in [5.74, 6) is -4.25. The molecule has 1 amide bonds. The van der Waals surface area contributed by atoms with E-state index in [4.69, 9.17) is 0 Å². The van der Waals surface area contributed by atoms with E-state index in [0.717, 1.165) is 42.5 Å². The Morgan fingerprint density at radius 1 is 0.840 bits per heavy atom. The van der Waals surface area contributed by atoms with Gasteiger partial charge in [-0.25, -0.2) is 21.6 Å². The molecule has 2 aliphatic rings. The molecule has 0 spiro atoms. The Morgan fingerprint density at radius 2 is 1.40 bits per heavy atom. The quantitative estimate of drug-likeness (QED) is 0.210. The maximum atomic E-state index is 14.5. The SMILES string of the molecule is O=C(N1CC[C@](c2ccc(C(OCc3c(F)cccc3F)(C(F)(F)F)C(F)(F)F)cc2)(S(=O)(=O)c2ccc(F)cc2)C1)C1(CO)CCNCC1. The zero-order valence-corrected chi connectivity index (χ0v) is 26.9. The number of amides is 1. The largest absolute Gasteiger partial charge is 0.430 e. The highest BCUT2D eigenvalue weighted by atomic mass is 32.2. The maximum absolute atomic E-state index is 14.5. The van der Waals surface area contributed by atoms with Gasteiger partial charge < -0.3 is 20.1 Å². The van der Waals surface area contributed by atoms with Crippen molar-refractivity contribution in [1.29, 1.82) is 0 Å². The van der Waals surface area contributed by atoms with Crippen LogP contribution in [0.25, 0.3) is 0 Å². The van der Waals surface area contributed by atoms with Crippen LogP contribution in [0, 0.1) is 22.9 Å². The fraction of sp³-hybridized carbons (Fsp3) is 0.424. The van der Waals surface area contributed by atoms with E-state index in [9.17, 15) is 57.8 Å². The predicted octanol–water partition coefficient (Wildman–Crippen LogP) is 5.90. The number of alkyl halides is 6. The summed E-state index contributed by atoms with van der Waals surface area (Å²) in [4.78, 5) is 14.6. The van der Waals surface area contributed by atoms with Gasteiger partial charge in [0.25, 0.3) is 5.60 Å². The van der Waals surface area contributed by atoms with Crippen LogP contribution in [0.15, 0.2) is 71.6 Å². The fourth-order valence-corrected chi connectivity index (χ4v) is 8.76. The van der Waals surface area contributed by atoms with E-state index in [1.165, 1.54) is 4.90 Å². The molecule has 2 aliphatic heterocycles. The third-order valence-corrected chi connectivity index (χ3v) is 12.1. The van der Waals surface area contributed by atoms with Crippen LogP contribution in [-0.2, 0) is 36.3 Å².